The first-order valence-electron chi connectivity index (χ1n) is 11.0. The van der Waals surface area contributed by atoms with Crippen molar-refractivity contribution in [3.05, 3.63) is 52.4 Å². The zero-order valence-electron chi connectivity index (χ0n) is 18.4. The summed E-state index contributed by atoms with van der Waals surface area (Å²) in [5.41, 5.74) is -1.07. The lowest BCUT2D eigenvalue weighted by Crippen LogP contribution is -2.31. The molecule has 3 aromatic rings. The van der Waals surface area contributed by atoms with Gasteiger partial charge in [-0.25, -0.2) is 14.4 Å². The largest absolute Gasteiger partial charge is 0.416 e. The molecule has 188 valence electrons. The van der Waals surface area contributed by atoms with E-state index in [1.54, 1.807) is 0 Å². The molecule has 0 amide bonds. The number of fused-ring (bicyclic) bond motifs is 1. The molecule has 0 N–H and O–H groups in total. The second-order valence-electron chi connectivity index (χ2n) is 9.35. The average Bonchev–Trinajstić information content (AvgIpc) is 3.46. The highest BCUT2D eigenvalue weighted by Crippen LogP contribution is 2.44. The zero-order chi connectivity index (χ0) is 25.0. The maximum atomic E-state index is 13.4. The number of anilines is 1. The van der Waals surface area contributed by atoms with Gasteiger partial charge in [0.15, 0.2) is 0 Å². The standard InChI is InChI=1S/C23H21F7N4S/c24-15-2-1-14(18(7-15)23(28,29)30)10-33-5-3-21(11-33)4-6-34(12-21)19-17-8-16(9-22(25,26)27)35-20(17)32-13-31-19/h1-2,7-8,13H,3-6,9-12H2. The molecule has 5 rings (SSSR count). The van der Waals surface area contributed by atoms with Crippen LogP contribution in [-0.2, 0) is 19.1 Å². The lowest BCUT2D eigenvalue weighted by Gasteiger charge is -2.26. The summed E-state index contributed by atoms with van der Waals surface area (Å²) in [7, 11) is 0. The van der Waals surface area contributed by atoms with Crippen molar-refractivity contribution >= 4 is 27.4 Å². The van der Waals surface area contributed by atoms with Gasteiger partial charge in [-0.2, -0.15) is 26.3 Å². The highest BCUT2D eigenvalue weighted by Gasteiger charge is 2.44. The summed E-state index contributed by atoms with van der Waals surface area (Å²) >= 11 is 1.00. The van der Waals surface area contributed by atoms with Crippen LogP contribution >= 0.6 is 11.3 Å². The third-order valence-electron chi connectivity index (χ3n) is 6.76. The molecule has 1 atom stereocenters. The summed E-state index contributed by atoms with van der Waals surface area (Å²) in [6.45, 7) is 2.51. The Morgan fingerprint density at radius 3 is 2.49 bits per heavy atom. The topological polar surface area (TPSA) is 32.3 Å². The van der Waals surface area contributed by atoms with Crippen LogP contribution in [0, 0.1) is 11.2 Å². The number of aromatic nitrogens is 2. The molecule has 0 aliphatic carbocycles. The summed E-state index contributed by atoms with van der Waals surface area (Å²) in [5.74, 6) is -0.332. The number of halogens is 7. The molecule has 12 heteroatoms. The highest BCUT2D eigenvalue weighted by molar-refractivity contribution is 7.18. The number of likely N-dealkylation sites (tertiary alicyclic amines) is 1. The summed E-state index contributed by atoms with van der Waals surface area (Å²) < 4.78 is 92.2. The monoisotopic (exact) mass is 518 g/mol. The Morgan fingerprint density at radius 1 is 0.971 bits per heavy atom. The third kappa shape index (κ3) is 5.09. The van der Waals surface area contributed by atoms with Crippen molar-refractivity contribution in [1.82, 2.24) is 14.9 Å². The second-order valence-corrected chi connectivity index (χ2v) is 10.5. The quantitative estimate of drug-likeness (QED) is 0.394. The number of nitrogens with zero attached hydrogens (tertiary/aromatic N) is 4. The minimum atomic E-state index is -4.64. The number of hydrogen-bond donors (Lipinski definition) is 0. The van der Waals surface area contributed by atoms with Crippen LogP contribution in [-0.4, -0.2) is 47.2 Å². The first kappa shape index (κ1) is 24.2. The lowest BCUT2D eigenvalue weighted by atomic mass is 9.86. The predicted molar refractivity (Wildman–Crippen MR) is 118 cm³/mol. The van der Waals surface area contributed by atoms with E-state index in [4.69, 9.17) is 0 Å². The number of thiophene rings is 1. The van der Waals surface area contributed by atoms with Crippen molar-refractivity contribution in [1.29, 1.82) is 0 Å². The second kappa shape index (κ2) is 8.58. The van der Waals surface area contributed by atoms with Crippen LogP contribution in [0.5, 0.6) is 0 Å². The molecule has 2 saturated heterocycles. The Labute approximate surface area is 200 Å². The molecule has 4 nitrogen and oxygen atoms in total. The first-order chi connectivity index (χ1) is 16.4. The van der Waals surface area contributed by atoms with Crippen LogP contribution in [0.15, 0.2) is 30.6 Å². The van der Waals surface area contributed by atoms with Gasteiger partial charge >= 0.3 is 12.4 Å². The van der Waals surface area contributed by atoms with Crippen LogP contribution in [0.1, 0.15) is 28.8 Å². The van der Waals surface area contributed by atoms with E-state index in [1.165, 1.54) is 18.5 Å². The van der Waals surface area contributed by atoms with Gasteiger partial charge in [0.25, 0.3) is 0 Å². The smallest absolute Gasteiger partial charge is 0.355 e. The van der Waals surface area contributed by atoms with Crippen LogP contribution < -0.4 is 4.90 Å². The van der Waals surface area contributed by atoms with Gasteiger partial charge in [0.05, 0.1) is 17.4 Å². The summed E-state index contributed by atoms with van der Waals surface area (Å²) in [5, 5.41) is 0.588. The normalized spacial score (nSPS) is 21.6. The Balaban J connectivity index is 1.31. The van der Waals surface area contributed by atoms with Crippen molar-refractivity contribution in [2.75, 3.05) is 31.1 Å². The molecular formula is C23H21F7N4S. The molecule has 2 fully saturated rings. The van der Waals surface area contributed by atoms with Gasteiger partial charge in [-0.15, -0.1) is 11.3 Å². The van der Waals surface area contributed by atoms with E-state index >= 15 is 0 Å². The summed E-state index contributed by atoms with van der Waals surface area (Å²) in [6, 6.07) is 4.27. The predicted octanol–water partition coefficient (Wildman–Crippen LogP) is 6.06. The molecule has 2 aromatic heterocycles. The highest BCUT2D eigenvalue weighted by atomic mass is 32.1. The molecule has 0 bridgehead atoms. The third-order valence-corrected chi connectivity index (χ3v) is 7.80. The summed E-state index contributed by atoms with van der Waals surface area (Å²) in [4.78, 5) is 13.2. The molecular weight excluding hydrogens is 497 g/mol. The Hall–Kier alpha value is -2.47. The summed E-state index contributed by atoms with van der Waals surface area (Å²) in [6.07, 6.45) is -7.04. The molecule has 2 aliphatic rings. The van der Waals surface area contributed by atoms with Gasteiger partial charge in [0, 0.05) is 36.5 Å². The van der Waals surface area contributed by atoms with Crippen molar-refractivity contribution in [3.8, 4) is 0 Å². The molecule has 0 radical (unpaired) electrons. The molecule has 4 heterocycles. The van der Waals surface area contributed by atoms with Crippen LogP contribution in [0.3, 0.4) is 0 Å². The van der Waals surface area contributed by atoms with Crippen molar-refractivity contribution < 1.29 is 30.7 Å². The fourth-order valence-electron chi connectivity index (χ4n) is 5.23. The van der Waals surface area contributed by atoms with Crippen molar-refractivity contribution in [2.24, 2.45) is 5.41 Å². The fraction of sp³-hybridized carbons (Fsp3) is 0.478. The average molecular weight is 519 g/mol. The van der Waals surface area contributed by atoms with E-state index < -0.39 is 30.2 Å². The van der Waals surface area contributed by atoms with E-state index in [9.17, 15) is 30.7 Å². The van der Waals surface area contributed by atoms with Crippen molar-refractivity contribution in [2.45, 2.75) is 38.2 Å². The number of rotatable bonds is 4. The minimum Gasteiger partial charge on any atom is -0.355 e. The SMILES string of the molecule is Fc1ccc(CN2CCC3(CCN(c4ncnc5sc(CC(F)(F)F)cc45)C3)C2)c(C(F)(F)F)c1. The van der Waals surface area contributed by atoms with Gasteiger partial charge in [-0.05, 0) is 43.1 Å². The van der Waals surface area contributed by atoms with Gasteiger partial charge in [-0.1, -0.05) is 6.07 Å². The zero-order valence-corrected chi connectivity index (χ0v) is 19.2. The van der Waals surface area contributed by atoms with Crippen LogP contribution in [0.4, 0.5) is 36.6 Å². The van der Waals surface area contributed by atoms with Gasteiger partial charge in [0.2, 0.25) is 0 Å². The number of hydrogen-bond acceptors (Lipinski definition) is 5. The van der Waals surface area contributed by atoms with Gasteiger partial charge in [-0.3, -0.25) is 4.90 Å². The Bertz CT molecular complexity index is 1240. The lowest BCUT2D eigenvalue weighted by molar-refractivity contribution is -0.138. The molecule has 2 aliphatic heterocycles. The maximum Gasteiger partial charge on any atom is 0.416 e. The van der Waals surface area contributed by atoms with E-state index in [-0.39, 0.29) is 22.4 Å². The van der Waals surface area contributed by atoms with Gasteiger partial charge in [0.1, 0.15) is 22.8 Å². The number of alkyl halides is 6. The van der Waals surface area contributed by atoms with Crippen LogP contribution in [0.2, 0.25) is 0 Å². The minimum absolute atomic E-state index is 0.0405. The molecule has 0 saturated carbocycles. The van der Waals surface area contributed by atoms with Crippen molar-refractivity contribution in [3.63, 3.8) is 0 Å². The first-order valence-corrected chi connectivity index (χ1v) is 11.9. The molecule has 1 unspecified atom stereocenters. The molecule has 35 heavy (non-hydrogen) atoms. The molecule has 1 spiro atoms. The van der Waals surface area contributed by atoms with E-state index in [1.807, 2.05) is 9.80 Å². The fourth-order valence-corrected chi connectivity index (χ4v) is 6.25. The maximum absolute atomic E-state index is 13.4. The van der Waals surface area contributed by atoms with E-state index in [0.29, 0.717) is 48.3 Å². The Morgan fingerprint density at radius 2 is 1.74 bits per heavy atom. The molecule has 1 aromatic carbocycles. The van der Waals surface area contributed by atoms with Crippen LogP contribution in [0.25, 0.3) is 10.2 Å². The van der Waals surface area contributed by atoms with Gasteiger partial charge < -0.3 is 4.90 Å². The van der Waals surface area contributed by atoms with E-state index in [0.717, 1.165) is 30.2 Å². The number of benzene rings is 1. The Kier molecular flexibility index (Phi) is 5.94. The van der Waals surface area contributed by atoms with E-state index in [2.05, 4.69) is 9.97 Å².